The number of ether oxygens (including phenoxy) is 1. The van der Waals surface area contributed by atoms with Crippen molar-refractivity contribution >= 4 is 17.8 Å². The van der Waals surface area contributed by atoms with E-state index in [1.54, 1.807) is 12.2 Å². The molecular formula is C17H14O4. The Morgan fingerprint density at radius 1 is 1.24 bits per heavy atom. The molecule has 0 radical (unpaired) electrons. The Kier molecular flexibility index (Phi) is 3.44. The Hall–Kier alpha value is -2.62. The van der Waals surface area contributed by atoms with Gasteiger partial charge in [-0.15, -0.1) is 0 Å². The number of allylic oxidation sites excluding steroid dienone is 2. The molecule has 4 nitrogen and oxygen atoms in total. The van der Waals surface area contributed by atoms with Gasteiger partial charge in [-0.2, -0.15) is 0 Å². The summed E-state index contributed by atoms with van der Waals surface area (Å²) in [7, 11) is 0. The molecule has 106 valence electrons. The van der Waals surface area contributed by atoms with E-state index in [2.05, 4.69) is 0 Å². The molecule has 1 aromatic rings. The second kappa shape index (κ2) is 5.40. The molecule has 4 heteroatoms. The minimum atomic E-state index is -0.447. The fraction of sp³-hybridized carbons (Fsp3) is 0.176. The van der Waals surface area contributed by atoms with Gasteiger partial charge >= 0.3 is 5.97 Å². The molecule has 0 amide bonds. The van der Waals surface area contributed by atoms with Crippen LogP contribution in [0.5, 0.6) is 0 Å². The maximum Gasteiger partial charge on any atom is 0.307 e. The summed E-state index contributed by atoms with van der Waals surface area (Å²) in [6, 6.07) is 9.46. The van der Waals surface area contributed by atoms with Crippen LogP contribution < -0.4 is 0 Å². The first-order valence-corrected chi connectivity index (χ1v) is 6.73. The zero-order valence-electron chi connectivity index (χ0n) is 11.2. The molecule has 3 rings (SSSR count). The van der Waals surface area contributed by atoms with Crippen LogP contribution in [-0.4, -0.2) is 23.0 Å². The molecule has 2 atom stereocenters. The quantitative estimate of drug-likeness (QED) is 0.514. The van der Waals surface area contributed by atoms with Gasteiger partial charge in [-0.05, 0) is 23.8 Å². The molecule has 1 aliphatic heterocycles. The van der Waals surface area contributed by atoms with Crippen molar-refractivity contribution in [3.05, 3.63) is 65.5 Å². The second-order valence-electron chi connectivity index (χ2n) is 5.03. The highest BCUT2D eigenvalue weighted by Gasteiger charge is 2.41. The van der Waals surface area contributed by atoms with E-state index < -0.39 is 12.0 Å². The summed E-state index contributed by atoms with van der Waals surface area (Å²) in [5.41, 5.74) is 1.17. The van der Waals surface area contributed by atoms with Gasteiger partial charge in [0, 0.05) is 11.5 Å². The van der Waals surface area contributed by atoms with Crippen molar-refractivity contribution in [3.8, 4) is 0 Å². The van der Waals surface area contributed by atoms with Gasteiger partial charge in [-0.3, -0.25) is 9.59 Å². The van der Waals surface area contributed by atoms with Crippen LogP contribution in [0.25, 0.3) is 6.08 Å². The molecule has 0 aromatic heterocycles. The molecule has 1 aromatic carbocycles. The average molecular weight is 282 g/mol. The predicted octanol–water partition coefficient (Wildman–Crippen LogP) is 2.58. The zero-order valence-corrected chi connectivity index (χ0v) is 11.2. The van der Waals surface area contributed by atoms with Crippen molar-refractivity contribution in [2.45, 2.75) is 12.5 Å². The third kappa shape index (κ3) is 2.65. The maximum absolute atomic E-state index is 12.0. The van der Waals surface area contributed by atoms with E-state index in [-0.39, 0.29) is 29.5 Å². The predicted molar refractivity (Wildman–Crippen MR) is 77.3 cm³/mol. The molecule has 0 saturated carbocycles. The Morgan fingerprint density at radius 3 is 2.76 bits per heavy atom. The van der Waals surface area contributed by atoms with E-state index >= 15 is 0 Å². The Balaban J connectivity index is 1.92. The minimum absolute atomic E-state index is 0.110. The second-order valence-corrected chi connectivity index (χ2v) is 5.03. The van der Waals surface area contributed by atoms with Crippen molar-refractivity contribution < 1.29 is 19.4 Å². The Morgan fingerprint density at radius 2 is 2.00 bits per heavy atom. The average Bonchev–Trinajstić information content (AvgIpc) is 2.86. The molecule has 1 fully saturated rings. The van der Waals surface area contributed by atoms with E-state index in [9.17, 15) is 14.7 Å². The van der Waals surface area contributed by atoms with Crippen LogP contribution in [0.3, 0.4) is 0 Å². The van der Waals surface area contributed by atoms with E-state index in [1.807, 2.05) is 30.3 Å². The lowest BCUT2D eigenvalue weighted by Crippen LogP contribution is -2.25. The van der Waals surface area contributed by atoms with Gasteiger partial charge in [-0.1, -0.05) is 36.4 Å². The number of aliphatic hydroxyl groups is 1. The molecule has 0 spiro atoms. The fourth-order valence-electron chi connectivity index (χ4n) is 2.62. The van der Waals surface area contributed by atoms with Gasteiger partial charge in [-0.25, -0.2) is 0 Å². The summed E-state index contributed by atoms with van der Waals surface area (Å²) in [6.07, 6.45) is 5.82. The highest BCUT2D eigenvalue weighted by atomic mass is 16.5. The van der Waals surface area contributed by atoms with Crippen LogP contribution in [0.4, 0.5) is 0 Å². The number of benzene rings is 1. The number of fused-ring (bicyclic) bond motifs is 1. The molecule has 21 heavy (non-hydrogen) atoms. The van der Waals surface area contributed by atoms with E-state index in [1.165, 1.54) is 12.2 Å². The lowest BCUT2D eigenvalue weighted by atomic mass is 9.84. The summed E-state index contributed by atoms with van der Waals surface area (Å²) in [5, 5.41) is 10.2. The van der Waals surface area contributed by atoms with Gasteiger partial charge in [0.1, 0.15) is 11.9 Å². The summed E-state index contributed by atoms with van der Waals surface area (Å²) in [6.45, 7) is 0. The number of hydrogen-bond donors (Lipinski definition) is 1. The maximum atomic E-state index is 12.0. The molecule has 1 saturated heterocycles. The third-order valence-corrected chi connectivity index (χ3v) is 3.63. The Bertz CT molecular complexity index is 667. The number of carbonyl (C=O) groups excluding carboxylic acids is 2. The van der Waals surface area contributed by atoms with Crippen molar-refractivity contribution in [2.24, 2.45) is 5.92 Å². The SMILES string of the molecule is O=C1C[C@H]2C(=C(O)C=Cc3ccccc3)C(=O)C=C[C@H]2O1. The normalized spacial score (nSPS) is 26.9. The first-order chi connectivity index (χ1) is 10.1. The number of rotatable bonds is 2. The molecule has 0 bridgehead atoms. The van der Waals surface area contributed by atoms with Crippen molar-refractivity contribution in [1.29, 1.82) is 0 Å². The monoisotopic (exact) mass is 282 g/mol. The van der Waals surface area contributed by atoms with Crippen LogP contribution in [-0.2, 0) is 14.3 Å². The third-order valence-electron chi connectivity index (χ3n) is 3.63. The van der Waals surface area contributed by atoms with Crippen molar-refractivity contribution in [1.82, 2.24) is 0 Å². The summed E-state index contributed by atoms with van der Waals surface area (Å²) in [5.74, 6) is -1.12. The van der Waals surface area contributed by atoms with Gasteiger partial charge in [0.15, 0.2) is 5.78 Å². The van der Waals surface area contributed by atoms with Gasteiger partial charge < -0.3 is 9.84 Å². The van der Waals surface area contributed by atoms with Gasteiger partial charge in [0.2, 0.25) is 0 Å². The zero-order chi connectivity index (χ0) is 14.8. The minimum Gasteiger partial charge on any atom is -0.508 e. The molecule has 2 aliphatic rings. The van der Waals surface area contributed by atoms with Crippen molar-refractivity contribution in [2.75, 3.05) is 0 Å². The summed E-state index contributed by atoms with van der Waals surface area (Å²) >= 11 is 0. The highest BCUT2D eigenvalue weighted by molar-refractivity contribution is 6.07. The van der Waals surface area contributed by atoms with Crippen LogP contribution in [0.1, 0.15) is 12.0 Å². The molecule has 1 N–H and O–H groups in total. The number of carbonyl (C=O) groups is 2. The molecule has 1 heterocycles. The summed E-state index contributed by atoms with van der Waals surface area (Å²) in [4.78, 5) is 23.4. The lowest BCUT2D eigenvalue weighted by Gasteiger charge is -2.20. The first kappa shape index (κ1) is 13.4. The first-order valence-electron chi connectivity index (χ1n) is 6.73. The number of hydrogen-bond acceptors (Lipinski definition) is 4. The molecule has 0 unspecified atom stereocenters. The van der Waals surface area contributed by atoms with E-state index in [0.29, 0.717) is 0 Å². The number of ketones is 1. The van der Waals surface area contributed by atoms with Gasteiger partial charge in [0.05, 0.1) is 6.42 Å². The van der Waals surface area contributed by atoms with E-state index in [4.69, 9.17) is 4.74 Å². The largest absolute Gasteiger partial charge is 0.508 e. The highest BCUT2D eigenvalue weighted by Crippen LogP contribution is 2.35. The summed E-state index contributed by atoms with van der Waals surface area (Å²) < 4.78 is 5.11. The number of esters is 1. The Labute approximate surface area is 122 Å². The van der Waals surface area contributed by atoms with Crippen LogP contribution >= 0.6 is 0 Å². The van der Waals surface area contributed by atoms with Crippen LogP contribution in [0, 0.1) is 5.92 Å². The molecular weight excluding hydrogens is 268 g/mol. The van der Waals surface area contributed by atoms with Crippen LogP contribution in [0.15, 0.2) is 59.9 Å². The number of aliphatic hydroxyl groups excluding tert-OH is 1. The molecule has 1 aliphatic carbocycles. The smallest absolute Gasteiger partial charge is 0.307 e. The lowest BCUT2D eigenvalue weighted by molar-refractivity contribution is -0.140. The van der Waals surface area contributed by atoms with E-state index in [0.717, 1.165) is 5.56 Å². The van der Waals surface area contributed by atoms with Gasteiger partial charge in [0.25, 0.3) is 0 Å². The topological polar surface area (TPSA) is 63.6 Å². The standard InChI is InChI=1S/C17H14O4/c18-13(7-6-11-4-2-1-3-5-11)17-12-10-16(20)21-15(12)9-8-14(17)19/h1-9,12,15,18H,10H2/t12-,15-/m1/s1. The van der Waals surface area contributed by atoms with Crippen molar-refractivity contribution in [3.63, 3.8) is 0 Å². The van der Waals surface area contributed by atoms with Crippen LogP contribution in [0.2, 0.25) is 0 Å². The fourth-order valence-corrected chi connectivity index (χ4v) is 2.62.